The summed E-state index contributed by atoms with van der Waals surface area (Å²) in [5.41, 5.74) is 0.975. The van der Waals surface area contributed by atoms with Gasteiger partial charge in [0.25, 0.3) is 0 Å². The molecule has 1 aromatic rings. The fraction of sp³-hybridized carbons (Fsp3) is 0.667. The monoisotopic (exact) mass is 238 g/mol. The van der Waals surface area contributed by atoms with Crippen LogP contribution in [0.5, 0.6) is 0 Å². The summed E-state index contributed by atoms with van der Waals surface area (Å²) in [6.07, 6.45) is 1.40. The minimum absolute atomic E-state index is 0.234. The van der Waals surface area contributed by atoms with Crippen molar-refractivity contribution in [1.82, 2.24) is 9.97 Å². The van der Waals surface area contributed by atoms with Crippen LogP contribution in [0.3, 0.4) is 0 Å². The molecule has 0 aliphatic heterocycles. The summed E-state index contributed by atoms with van der Waals surface area (Å²) in [5.74, 6) is 1.62. The van der Waals surface area contributed by atoms with Gasteiger partial charge in [0.2, 0.25) is 5.95 Å². The highest BCUT2D eigenvalue weighted by molar-refractivity contribution is 5.46. The average Bonchev–Trinajstić information content (AvgIpc) is 2.29. The maximum absolute atomic E-state index is 9.73. The average molecular weight is 238 g/mol. The second kappa shape index (κ2) is 6.39. The lowest BCUT2D eigenvalue weighted by molar-refractivity contribution is 0.138. The third kappa shape index (κ3) is 4.19. The Balaban J connectivity index is 2.66. The maximum atomic E-state index is 9.73. The zero-order valence-electron chi connectivity index (χ0n) is 11.0. The number of rotatable bonds is 6. The molecular formula is C12H22N4O. The molecule has 0 amide bonds. The lowest BCUT2D eigenvalue weighted by Crippen LogP contribution is -2.25. The topological polar surface area (TPSA) is 70.1 Å². The lowest BCUT2D eigenvalue weighted by atomic mass is 10.1. The Morgan fingerprint density at radius 1 is 1.35 bits per heavy atom. The first-order valence-corrected chi connectivity index (χ1v) is 6.04. The summed E-state index contributed by atoms with van der Waals surface area (Å²) in [7, 11) is 0. The molecule has 5 nitrogen and oxygen atoms in total. The Labute approximate surface area is 103 Å². The van der Waals surface area contributed by atoms with Crippen molar-refractivity contribution in [3.05, 3.63) is 11.8 Å². The molecule has 96 valence electrons. The van der Waals surface area contributed by atoms with Crippen LogP contribution in [0.1, 0.15) is 26.3 Å². The molecule has 1 aromatic heterocycles. The van der Waals surface area contributed by atoms with E-state index in [0.717, 1.165) is 17.9 Å². The van der Waals surface area contributed by atoms with E-state index in [1.54, 1.807) is 6.20 Å². The molecule has 0 aliphatic rings. The summed E-state index contributed by atoms with van der Waals surface area (Å²) in [5, 5.41) is 15.9. The molecule has 0 saturated heterocycles. The van der Waals surface area contributed by atoms with E-state index >= 15 is 0 Å². The van der Waals surface area contributed by atoms with E-state index in [9.17, 15) is 5.11 Å². The second-order valence-corrected chi connectivity index (χ2v) is 4.45. The van der Waals surface area contributed by atoms with Gasteiger partial charge in [-0.3, -0.25) is 0 Å². The summed E-state index contributed by atoms with van der Waals surface area (Å²) in [6.45, 7) is 9.21. The van der Waals surface area contributed by atoms with E-state index in [4.69, 9.17) is 0 Å². The quantitative estimate of drug-likeness (QED) is 0.703. The summed E-state index contributed by atoms with van der Waals surface area (Å²) in [6, 6.07) is 0. The molecule has 0 spiro atoms. The second-order valence-electron chi connectivity index (χ2n) is 4.45. The van der Waals surface area contributed by atoms with E-state index in [0.29, 0.717) is 12.5 Å². The van der Waals surface area contributed by atoms with Crippen molar-refractivity contribution >= 4 is 11.8 Å². The van der Waals surface area contributed by atoms with Crippen molar-refractivity contribution in [1.29, 1.82) is 0 Å². The van der Waals surface area contributed by atoms with Crippen LogP contribution in [0.25, 0.3) is 0 Å². The van der Waals surface area contributed by atoms with Crippen LogP contribution in [0.2, 0.25) is 0 Å². The third-order valence-corrected chi connectivity index (χ3v) is 2.55. The molecule has 0 bridgehead atoms. The van der Waals surface area contributed by atoms with Crippen LogP contribution >= 0.6 is 0 Å². The van der Waals surface area contributed by atoms with Crippen LogP contribution in [0, 0.1) is 12.8 Å². The van der Waals surface area contributed by atoms with Crippen LogP contribution in [-0.2, 0) is 0 Å². The number of hydrogen-bond acceptors (Lipinski definition) is 5. The van der Waals surface area contributed by atoms with E-state index in [1.807, 2.05) is 27.7 Å². The Hall–Kier alpha value is -1.36. The molecule has 1 rings (SSSR count). The molecule has 1 atom stereocenters. The Kier molecular flexibility index (Phi) is 5.15. The van der Waals surface area contributed by atoms with E-state index in [2.05, 4.69) is 20.6 Å². The maximum Gasteiger partial charge on any atom is 0.224 e. The fourth-order valence-electron chi connectivity index (χ4n) is 1.30. The largest absolute Gasteiger partial charge is 0.391 e. The molecule has 1 heterocycles. The number of aromatic nitrogens is 2. The first-order chi connectivity index (χ1) is 8.04. The van der Waals surface area contributed by atoms with Gasteiger partial charge in [0.15, 0.2) is 0 Å². The van der Waals surface area contributed by atoms with Gasteiger partial charge in [-0.2, -0.15) is 4.98 Å². The zero-order valence-corrected chi connectivity index (χ0v) is 11.0. The van der Waals surface area contributed by atoms with Crippen molar-refractivity contribution in [3.63, 3.8) is 0 Å². The van der Waals surface area contributed by atoms with Gasteiger partial charge >= 0.3 is 0 Å². The lowest BCUT2D eigenvalue weighted by Gasteiger charge is -2.16. The van der Waals surface area contributed by atoms with E-state index < -0.39 is 0 Å². The van der Waals surface area contributed by atoms with Crippen LogP contribution in [0.15, 0.2) is 6.20 Å². The van der Waals surface area contributed by atoms with Crippen LogP contribution in [-0.4, -0.2) is 34.3 Å². The van der Waals surface area contributed by atoms with Crippen molar-refractivity contribution in [2.75, 3.05) is 23.7 Å². The summed E-state index contributed by atoms with van der Waals surface area (Å²) >= 11 is 0. The van der Waals surface area contributed by atoms with Crippen molar-refractivity contribution in [2.24, 2.45) is 5.92 Å². The number of nitrogens with zero attached hydrogens (tertiary/aromatic N) is 2. The van der Waals surface area contributed by atoms with Gasteiger partial charge in [0, 0.05) is 24.8 Å². The zero-order chi connectivity index (χ0) is 12.8. The SMILES string of the molecule is CCNc1ncc(C)c(NCC(O)C(C)C)n1. The van der Waals surface area contributed by atoms with Crippen LogP contribution < -0.4 is 10.6 Å². The molecule has 0 saturated carbocycles. The first kappa shape index (κ1) is 13.7. The summed E-state index contributed by atoms with van der Waals surface area (Å²) in [4.78, 5) is 8.52. The molecule has 0 aromatic carbocycles. The molecular weight excluding hydrogens is 216 g/mol. The molecule has 0 fully saturated rings. The van der Waals surface area contributed by atoms with Crippen molar-refractivity contribution in [3.8, 4) is 0 Å². The predicted molar refractivity (Wildman–Crippen MR) is 70.3 cm³/mol. The molecule has 17 heavy (non-hydrogen) atoms. The van der Waals surface area contributed by atoms with Gasteiger partial charge in [0.1, 0.15) is 5.82 Å². The highest BCUT2D eigenvalue weighted by atomic mass is 16.3. The molecule has 0 aliphatic carbocycles. The Bertz CT molecular complexity index is 354. The number of aliphatic hydroxyl groups is 1. The van der Waals surface area contributed by atoms with Gasteiger partial charge < -0.3 is 15.7 Å². The number of nitrogens with one attached hydrogen (secondary N) is 2. The van der Waals surface area contributed by atoms with Gasteiger partial charge in [0.05, 0.1) is 6.10 Å². The van der Waals surface area contributed by atoms with Crippen LogP contribution in [0.4, 0.5) is 11.8 Å². The Morgan fingerprint density at radius 3 is 2.65 bits per heavy atom. The van der Waals surface area contributed by atoms with Crippen molar-refractivity contribution in [2.45, 2.75) is 33.8 Å². The minimum Gasteiger partial charge on any atom is -0.391 e. The predicted octanol–water partition coefficient (Wildman–Crippen LogP) is 1.65. The number of hydrogen-bond donors (Lipinski definition) is 3. The number of anilines is 2. The van der Waals surface area contributed by atoms with Gasteiger partial charge in [-0.25, -0.2) is 4.98 Å². The van der Waals surface area contributed by atoms with Gasteiger partial charge in [-0.1, -0.05) is 13.8 Å². The first-order valence-electron chi connectivity index (χ1n) is 6.04. The highest BCUT2D eigenvalue weighted by Crippen LogP contribution is 2.13. The van der Waals surface area contributed by atoms with Crippen molar-refractivity contribution < 1.29 is 5.11 Å². The smallest absolute Gasteiger partial charge is 0.224 e. The fourth-order valence-corrected chi connectivity index (χ4v) is 1.30. The van der Waals surface area contributed by atoms with Gasteiger partial charge in [-0.05, 0) is 19.8 Å². The minimum atomic E-state index is -0.369. The van der Waals surface area contributed by atoms with Gasteiger partial charge in [-0.15, -0.1) is 0 Å². The molecule has 1 unspecified atom stereocenters. The van der Waals surface area contributed by atoms with E-state index in [-0.39, 0.29) is 12.0 Å². The molecule has 0 radical (unpaired) electrons. The summed E-state index contributed by atoms with van der Waals surface area (Å²) < 4.78 is 0. The number of aliphatic hydroxyl groups excluding tert-OH is 1. The normalized spacial score (nSPS) is 12.6. The Morgan fingerprint density at radius 2 is 2.06 bits per heavy atom. The molecule has 5 heteroatoms. The molecule has 3 N–H and O–H groups in total. The third-order valence-electron chi connectivity index (χ3n) is 2.55. The number of aryl methyl sites for hydroxylation is 1. The standard InChI is InChI=1S/C12H22N4O/c1-5-13-12-15-6-9(4)11(16-12)14-7-10(17)8(2)3/h6,8,10,17H,5,7H2,1-4H3,(H2,13,14,15,16). The highest BCUT2D eigenvalue weighted by Gasteiger charge is 2.10. The van der Waals surface area contributed by atoms with E-state index in [1.165, 1.54) is 0 Å².